The molecule has 0 rings (SSSR count). The monoisotopic (exact) mass is 610 g/mol. The molecule has 0 saturated carbocycles. The number of aliphatic hydroxyl groups is 2. The van der Waals surface area contributed by atoms with Gasteiger partial charge in [0.15, 0.2) is 0 Å². The third kappa shape index (κ3) is 32.6. The van der Waals surface area contributed by atoms with Gasteiger partial charge in [0.25, 0.3) is 0 Å². The van der Waals surface area contributed by atoms with Crippen LogP contribution >= 0.6 is 0 Å². The number of amides is 1. The summed E-state index contributed by atoms with van der Waals surface area (Å²) in [7, 11) is 0. The maximum atomic E-state index is 12.2. The topological polar surface area (TPSA) is 69.6 Å². The maximum Gasteiger partial charge on any atom is 0.220 e. The van der Waals surface area contributed by atoms with Crippen LogP contribution in [0.4, 0.5) is 0 Å². The van der Waals surface area contributed by atoms with Gasteiger partial charge in [-0.15, -0.1) is 0 Å². The van der Waals surface area contributed by atoms with Gasteiger partial charge in [-0.05, 0) is 12.8 Å². The van der Waals surface area contributed by atoms with Gasteiger partial charge < -0.3 is 15.5 Å². The van der Waals surface area contributed by atoms with E-state index in [1.54, 1.807) is 0 Å². The van der Waals surface area contributed by atoms with Crippen LogP contribution in [0.25, 0.3) is 0 Å². The van der Waals surface area contributed by atoms with E-state index in [1.165, 1.54) is 167 Å². The van der Waals surface area contributed by atoms with Crippen molar-refractivity contribution >= 4 is 5.91 Å². The van der Waals surface area contributed by atoms with Crippen LogP contribution in [0.1, 0.15) is 226 Å². The van der Waals surface area contributed by atoms with Gasteiger partial charge in [-0.1, -0.05) is 206 Å². The Bertz CT molecular complexity index is 541. The van der Waals surface area contributed by atoms with E-state index in [1.807, 2.05) is 0 Å². The van der Waals surface area contributed by atoms with Crippen LogP contribution < -0.4 is 5.32 Å². The Hall–Kier alpha value is -0.610. The Morgan fingerprint density at radius 3 is 1.05 bits per heavy atom. The summed E-state index contributed by atoms with van der Waals surface area (Å²) in [5.74, 6) is -0.0385. The van der Waals surface area contributed by atoms with Crippen LogP contribution in [-0.4, -0.2) is 34.9 Å². The Kier molecular flexibility index (Phi) is 35.4. The van der Waals surface area contributed by atoms with Crippen molar-refractivity contribution in [2.24, 2.45) is 0 Å². The molecule has 258 valence electrons. The van der Waals surface area contributed by atoms with Crippen molar-refractivity contribution in [3.8, 4) is 0 Å². The molecule has 0 bridgehead atoms. The second-order valence-corrected chi connectivity index (χ2v) is 13.7. The van der Waals surface area contributed by atoms with Gasteiger partial charge in [0.05, 0.1) is 18.8 Å². The number of hydrogen-bond donors (Lipinski definition) is 3. The van der Waals surface area contributed by atoms with Gasteiger partial charge in [0.2, 0.25) is 5.91 Å². The lowest BCUT2D eigenvalue weighted by atomic mass is 10.0. The largest absolute Gasteiger partial charge is 0.394 e. The van der Waals surface area contributed by atoms with E-state index in [4.69, 9.17) is 0 Å². The summed E-state index contributed by atoms with van der Waals surface area (Å²) in [6.45, 7) is 4.23. The summed E-state index contributed by atoms with van der Waals surface area (Å²) in [5, 5.41) is 22.5. The molecule has 0 heterocycles. The highest BCUT2D eigenvalue weighted by atomic mass is 16.3. The molecule has 0 aromatic rings. The molecule has 0 aliphatic heterocycles. The zero-order valence-electron chi connectivity index (χ0n) is 29.5. The molecule has 1 amide bonds. The summed E-state index contributed by atoms with van der Waals surface area (Å²) >= 11 is 0. The molecule has 0 aliphatic carbocycles. The molecule has 2 unspecified atom stereocenters. The zero-order valence-corrected chi connectivity index (χ0v) is 29.5. The maximum absolute atomic E-state index is 12.2. The second kappa shape index (κ2) is 35.9. The fourth-order valence-electron chi connectivity index (χ4n) is 6.30. The molecule has 4 nitrogen and oxygen atoms in total. The highest BCUT2D eigenvalue weighted by Gasteiger charge is 2.19. The third-order valence-electron chi connectivity index (χ3n) is 9.37. The summed E-state index contributed by atoms with van der Waals surface area (Å²) in [6, 6.07) is -0.525. The zero-order chi connectivity index (χ0) is 31.5. The number of carbonyl (C=O) groups is 1. The summed E-state index contributed by atoms with van der Waals surface area (Å²) in [4.78, 5) is 12.2. The minimum atomic E-state index is -0.649. The van der Waals surface area contributed by atoms with Crippen molar-refractivity contribution in [2.75, 3.05) is 6.61 Å². The van der Waals surface area contributed by atoms with Crippen molar-refractivity contribution < 1.29 is 15.0 Å². The molecular weight excluding hydrogens is 530 g/mol. The van der Waals surface area contributed by atoms with Crippen LogP contribution in [-0.2, 0) is 4.79 Å². The molecule has 0 aromatic heterocycles. The SMILES string of the molecule is CCCCCCCCCCCCCCCCCCCCCCCCCCCCCCC(=O)NC(CO)C(O)CCCCC. The van der Waals surface area contributed by atoms with Crippen LogP contribution in [0.5, 0.6) is 0 Å². The van der Waals surface area contributed by atoms with Crippen molar-refractivity contribution in [3.63, 3.8) is 0 Å². The van der Waals surface area contributed by atoms with E-state index >= 15 is 0 Å². The molecule has 2 atom stereocenters. The van der Waals surface area contributed by atoms with E-state index in [0.29, 0.717) is 12.8 Å². The Balaban J connectivity index is 3.26. The minimum Gasteiger partial charge on any atom is -0.394 e. The van der Waals surface area contributed by atoms with E-state index in [-0.39, 0.29) is 12.5 Å². The van der Waals surface area contributed by atoms with Gasteiger partial charge in [0.1, 0.15) is 0 Å². The molecule has 0 fully saturated rings. The lowest BCUT2D eigenvalue weighted by Crippen LogP contribution is -2.45. The molecule has 0 aliphatic rings. The van der Waals surface area contributed by atoms with Crippen molar-refractivity contribution in [1.29, 1.82) is 0 Å². The highest BCUT2D eigenvalue weighted by molar-refractivity contribution is 5.76. The standard InChI is InChI=1S/C39H79NO3/c1-3-5-7-8-9-10-11-12-13-14-15-16-17-18-19-20-21-22-23-24-25-26-27-28-29-30-31-33-35-39(43)40-37(36-41)38(42)34-32-6-4-2/h37-38,41-42H,3-36H2,1-2H3,(H,40,43). The van der Waals surface area contributed by atoms with Crippen molar-refractivity contribution in [3.05, 3.63) is 0 Å². The normalized spacial score (nSPS) is 12.9. The summed E-state index contributed by atoms with van der Waals surface area (Å²) in [5.41, 5.74) is 0. The number of unbranched alkanes of at least 4 members (excludes halogenated alkanes) is 29. The van der Waals surface area contributed by atoms with Crippen LogP contribution in [0, 0.1) is 0 Å². The number of carbonyl (C=O) groups excluding carboxylic acids is 1. The van der Waals surface area contributed by atoms with Crippen molar-refractivity contribution in [2.45, 2.75) is 238 Å². The lowest BCUT2D eigenvalue weighted by molar-refractivity contribution is -0.123. The van der Waals surface area contributed by atoms with Gasteiger partial charge in [-0.25, -0.2) is 0 Å². The Labute approximate surface area is 270 Å². The van der Waals surface area contributed by atoms with E-state index in [9.17, 15) is 15.0 Å². The minimum absolute atomic E-state index is 0.0385. The quantitative estimate of drug-likeness (QED) is 0.0619. The number of aliphatic hydroxyl groups excluding tert-OH is 2. The molecule has 0 aromatic carbocycles. The van der Waals surface area contributed by atoms with Gasteiger partial charge >= 0.3 is 0 Å². The molecular formula is C39H79NO3. The average Bonchev–Trinajstić information content (AvgIpc) is 3.01. The number of hydrogen-bond acceptors (Lipinski definition) is 3. The first-order valence-corrected chi connectivity index (χ1v) is 19.7. The molecule has 4 heteroatoms. The van der Waals surface area contributed by atoms with Crippen LogP contribution in [0.3, 0.4) is 0 Å². The first-order valence-electron chi connectivity index (χ1n) is 19.7. The fraction of sp³-hybridized carbons (Fsp3) is 0.974. The Morgan fingerprint density at radius 1 is 0.465 bits per heavy atom. The summed E-state index contributed by atoms with van der Waals surface area (Å²) < 4.78 is 0. The lowest BCUT2D eigenvalue weighted by Gasteiger charge is -2.22. The predicted molar refractivity (Wildman–Crippen MR) is 189 cm³/mol. The third-order valence-corrected chi connectivity index (χ3v) is 9.37. The Morgan fingerprint density at radius 2 is 0.744 bits per heavy atom. The second-order valence-electron chi connectivity index (χ2n) is 13.7. The fourth-order valence-corrected chi connectivity index (χ4v) is 6.30. The summed E-state index contributed by atoms with van der Waals surface area (Å²) in [6.07, 6.45) is 42.5. The molecule has 43 heavy (non-hydrogen) atoms. The van der Waals surface area contributed by atoms with Gasteiger partial charge in [-0.2, -0.15) is 0 Å². The molecule has 0 saturated heterocycles. The van der Waals surface area contributed by atoms with Gasteiger partial charge in [0, 0.05) is 6.42 Å². The molecule has 3 N–H and O–H groups in total. The smallest absolute Gasteiger partial charge is 0.220 e. The van der Waals surface area contributed by atoms with E-state index in [0.717, 1.165) is 32.1 Å². The van der Waals surface area contributed by atoms with Crippen LogP contribution in [0.2, 0.25) is 0 Å². The average molecular weight is 610 g/mol. The number of nitrogens with one attached hydrogen (secondary N) is 1. The molecule has 0 spiro atoms. The van der Waals surface area contributed by atoms with E-state index in [2.05, 4.69) is 19.2 Å². The van der Waals surface area contributed by atoms with Crippen molar-refractivity contribution in [1.82, 2.24) is 5.32 Å². The van der Waals surface area contributed by atoms with E-state index < -0.39 is 12.1 Å². The predicted octanol–water partition coefficient (Wildman–Crippen LogP) is 11.7. The van der Waals surface area contributed by atoms with Crippen LogP contribution in [0.15, 0.2) is 0 Å². The first-order chi connectivity index (χ1) is 21.2. The number of rotatable bonds is 36. The van der Waals surface area contributed by atoms with Gasteiger partial charge in [-0.3, -0.25) is 4.79 Å². The highest BCUT2D eigenvalue weighted by Crippen LogP contribution is 2.16. The first kappa shape index (κ1) is 42.4. The molecule has 0 radical (unpaired) electrons.